The molecule has 0 aromatic carbocycles. The highest BCUT2D eigenvalue weighted by Gasteiger charge is 2.39. The number of carbonyl (C=O) groups is 1. The van der Waals surface area contributed by atoms with E-state index in [0.29, 0.717) is 26.2 Å². The molecule has 2 saturated heterocycles. The molecule has 0 radical (unpaired) electrons. The number of halogens is 1. The second-order valence-electron chi connectivity index (χ2n) is 7.24. The first-order chi connectivity index (χ1) is 10.2. The number of likely N-dealkylation sites (tertiary alicyclic amines) is 1. The van der Waals surface area contributed by atoms with Crippen molar-refractivity contribution in [2.45, 2.75) is 46.1 Å². The molecule has 2 fully saturated rings. The maximum Gasteiger partial charge on any atom is 0.227 e. The largest absolute Gasteiger partial charge is 0.342 e. The average molecular weight is 368 g/mol. The molecule has 2 aliphatic heterocycles. The van der Waals surface area contributed by atoms with Gasteiger partial charge in [-0.05, 0) is 31.6 Å². The van der Waals surface area contributed by atoms with Gasteiger partial charge in [0.2, 0.25) is 15.9 Å². The van der Waals surface area contributed by atoms with Crippen LogP contribution in [0.25, 0.3) is 0 Å². The van der Waals surface area contributed by atoms with Gasteiger partial charge in [0.1, 0.15) is 0 Å². The number of piperidine rings is 2. The van der Waals surface area contributed by atoms with Gasteiger partial charge >= 0.3 is 0 Å². The topological polar surface area (TPSA) is 83.7 Å². The maximum absolute atomic E-state index is 12.8. The van der Waals surface area contributed by atoms with Crippen LogP contribution in [0.1, 0.15) is 40.0 Å². The number of amides is 1. The van der Waals surface area contributed by atoms with Crippen LogP contribution in [0.15, 0.2) is 0 Å². The van der Waals surface area contributed by atoms with Crippen molar-refractivity contribution in [3.63, 3.8) is 0 Å². The van der Waals surface area contributed by atoms with Crippen molar-refractivity contribution < 1.29 is 13.2 Å². The van der Waals surface area contributed by atoms with E-state index in [0.717, 1.165) is 19.3 Å². The van der Waals surface area contributed by atoms with Crippen molar-refractivity contribution in [1.29, 1.82) is 0 Å². The summed E-state index contributed by atoms with van der Waals surface area (Å²) in [6.07, 6.45) is 2.34. The fourth-order valence-electron chi connectivity index (χ4n) is 3.40. The molecule has 1 amide bonds. The lowest BCUT2D eigenvalue weighted by Crippen LogP contribution is -2.56. The molecule has 23 heavy (non-hydrogen) atoms. The predicted octanol–water partition coefficient (Wildman–Crippen LogP) is 1.06. The smallest absolute Gasteiger partial charge is 0.227 e. The zero-order valence-electron chi connectivity index (χ0n) is 14.3. The summed E-state index contributed by atoms with van der Waals surface area (Å²) in [5.41, 5.74) is 6.04. The van der Waals surface area contributed by atoms with E-state index in [1.54, 1.807) is 6.92 Å². The fraction of sp³-hybridized carbons (Fsp3) is 0.933. The molecule has 2 N–H and O–H groups in total. The molecule has 0 aliphatic carbocycles. The third-order valence-electron chi connectivity index (χ3n) is 5.12. The predicted molar refractivity (Wildman–Crippen MR) is 94.0 cm³/mol. The fourth-order valence-corrected chi connectivity index (χ4v) is 4.58. The van der Waals surface area contributed by atoms with Crippen LogP contribution >= 0.6 is 12.4 Å². The van der Waals surface area contributed by atoms with Crippen LogP contribution in [0, 0.1) is 11.3 Å². The maximum atomic E-state index is 12.8. The van der Waals surface area contributed by atoms with Crippen LogP contribution in [0.3, 0.4) is 0 Å². The Kier molecular flexibility index (Phi) is 6.90. The SMILES string of the molecule is CCS(=O)(=O)N1CCCC(C(=O)N2CCC(N)C(C)(C)C2)C1.Cl. The molecule has 2 atom stereocenters. The summed E-state index contributed by atoms with van der Waals surface area (Å²) >= 11 is 0. The molecule has 0 bridgehead atoms. The number of hydrogen-bond acceptors (Lipinski definition) is 4. The van der Waals surface area contributed by atoms with Gasteiger partial charge in [0.25, 0.3) is 0 Å². The Labute approximate surface area is 146 Å². The van der Waals surface area contributed by atoms with Gasteiger partial charge in [0.15, 0.2) is 0 Å². The van der Waals surface area contributed by atoms with E-state index in [2.05, 4.69) is 13.8 Å². The lowest BCUT2D eigenvalue weighted by atomic mass is 9.79. The average Bonchev–Trinajstić information content (AvgIpc) is 2.49. The van der Waals surface area contributed by atoms with Crippen molar-refractivity contribution in [3.8, 4) is 0 Å². The van der Waals surface area contributed by atoms with Gasteiger partial charge in [-0.3, -0.25) is 4.79 Å². The summed E-state index contributed by atoms with van der Waals surface area (Å²) in [5.74, 6) is -0.0179. The summed E-state index contributed by atoms with van der Waals surface area (Å²) in [7, 11) is -3.21. The third kappa shape index (κ3) is 4.59. The van der Waals surface area contributed by atoms with Gasteiger partial charge in [-0.15, -0.1) is 12.4 Å². The van der Waals surface area contributed by atoms with Crippen LogP contribution in [0.4, 0.5) is 0 Å². The molecule has 2 aliphatic rings. The van der Waals surface area contributed by atoms with Crippen molar-refractivity contribution >= 4 is 28.3 Å². The van der Waals surface area contributed by atoms with Crippen LogP contribution < -0.4 is 5.73 Å². The third-order valence-corrected chi connectivity index (χ3v) is 6.96. The van der Waals surface area contributed by atoms with E-state index in [-0.39, 0.29) is 41.4 Å². The minimum absolute atomic E-state index is 0. The lowest BCUT2D eigenvalue weighted by Gasteiger charge is -2.44. The number of hydrogen-bond donors (Lipinski definition) is 1. The number of sulfonamides is 1. The molecule has 6 nitrogen and oxygen atoms in total. The highest BCUT2D eigenvalue weighted by molar-refractivity contribution is 7.89. The zero-order chi connectivity index (χ0) is 16.5. The normalized spacial score (nSPS) is 29.0. The van der Waals surface area contributed by atoms with E-state index in [1.807, 2.05) is 4.90 Å². The summed E-state index contributed by atoms with van der Waals surface area (Å²) in [6.45, 7) is 8.03. The quantitative estimate of drug-likeness (QED) is 0.808. The minimum Gasteiger partial charge on any atom is -0.342 e. The Morgan fingerprint density at radius 1 is 1.26 bits per heavy atom. The first-order valence-electron chi connectivity index (χ1n) is 8.19. The van der Waals surface area contributed by atoms with E-state index in [4.69, 9.17) is 5.73 Å². The van der Waals surface area contributed by atoms with Gasteiger partial charge in [0.05, 0.1) is 11.7 Å². The first kappa shape index (κ1) is 20.7. The van der Waals surface area contributed by atoms with Crippen LogP contribution in [-0.4, -0.2) is 61.5 Å². The molecular formula is C15H30ClN3O3S. The Morgan fingerprint density at radius 3 is 2.48 bits per heavy atom. The van der Waals surface area contributed by atoms with Gasteiger partial charge in [-0.2, -0.15) is 0 Å². The first-order valence-corrected chi connectivity index (χ1v) is 9.80. The van der Waals surface area contributed by atoms with Crippen molar-refractivity contribution in [2.75, 3.05) is 31.9 Å². The summed E-state index contributed by atoms with van der Waals surface area (Å²) < 4.78 is 25.5. The molecular weight excluding hydrogens is 338 g/mol. The van der Waals surface area contributed by atoms with Crippen LogP contribution in [-0.2, 0) is 14.8 Å². The molecule has 0 spiro atoms. The van der Waals surface area contributed by atoms with Crippen molar-refractivity contribution in [3.05, 3.63) is 0 Å². The van der Waals surface area contributed by atoms with Gasteiger partial charge in [-0.1, -0.05) is 13.8 Å². The lowest BCUT2D eigenvalue weighted by molar-refractivity contribution is -0.140. The van der Waals surface area contributed by atoms with E-state index < -0.39 is 10.0 Å². The zero-order valence-corrected chi connectivity index (χ0v) is 16.0. The highest BCUT2D eigenvalue weighted by Crippen LogP contribution is 2.30. The van der Waals surface area contributed by atoms with Crippen molar-refractivity contribution in [2.24, 2.45) is 17.1 Å². The Morgan fingerprint density at radius 2 is 1.91 bits per heavy atom. The molecule has 136 valence electrons. The summed E-state index contributed by atoms with van der Waals surface area (Å²) in [5, 5.41) is 0. The molecule has 0 aromatic rings. The number of carbonyl (C=O) groups excluding carboxylic acids is 1. The van der Waals surface area contributed by atoms with Gasteiger partial charge in [0, 0.05) is 32.2 Å². The van der Waals surface area contributed by atoms with E-state index >= 15 is 0 Å². The monoisotopic (exact) mass is 367 g/mol. The molecule has 2 unspecified atom stereocenters. The minimum atomic E-state index is -3.21. The van der Waals surface area contributed by atoms with E-state index in [1.165, 1.54) is 4.31 Å². The van der Waals surface area contributed by atoms with Crippen molar-refractivity contribution in [1.82, 2.24) is 9.21 Å². The Hall–Kier alpha value is -0.370. The standard InChI is InChI=1S/C15H29N3O3S.ClH/c1-4-22(20,21)18-8-5-6-12(10-18)14(19)17-9-7-13(16)15(2,3)11-17;/h12-13H,4-11,16H2,1-3H3;1H. The molecule has 0 aromatic heterocycles. The molecule has 8 heteroatoms. The van der Waals surface area contributed by atoms with E-state index in [9.17, 15) is 13.2 Å². The summed E-state index contributed by atoms with van der Waals surface area (Å²) in [6, 6.07) is 0.111. The Balaban J connectivity index is 0.00000264. The van der Waals surface area contributed by atoms with Crippen LogP contribution in [0.5, 0.6) is 0 Å². The molecule has 2 rings (SSSR count). The summed E-state index contributed by atoms with van der Waals surface area (Å²) in [4.78, 5) is 14.7. The van der Waals surface area contributed by atoms with Gasteiger partial charge < -0.3 is 10.6 Å². The van der Waals surface area contributed by atoms with Gasteiger partial charge in [-0.25, -0.2) is 12.7 Å². The number of nitrogens with zero attached hydrogens (tertiary/aromatic N) is 2. The Bertz CT molecular complexity index is 524. The second-order valence-corrected chi connectivity index (χ2v) is 9.50. The number of rotatable bonds is 3. The second kappa shape index (κ2) is 7.68. The number of nitrogens with two attached hydrogens (primary N) is 1. The van der Waals surface area contributed by atoms with Crippen LogP contribution in [0.2, 0.25) is 0 Å². The molecule has 0 saturated carbocycles. The molecule has 2 heterocycles. The highest BCUT2D eigenvalue weighted by atomic mass is 35.5.